The normalized spacial score (nSPS) is 22.6. The molecule has 2 saturated heterocycles. The number of ether oxygens (including phenoxy) is 2. The smallest absolute Gasteiger partial charge is 0.257 e. The molecule has 0 unspecified atom stereocenters. The van der Waals surface area contributed by atoms with Gasteiger partial charge in [-0.1, -0.05) is 0 Å². The van der Waals surface area contributed by atoms with E-state index in [4.69, 9.17) is 19.4 Å². The summed E-state index contributed by atoms with van der Waals surface area (Å²) in [5.41, 5.74) is 6.78. The summed E-state index contributed by atoms with van der Waals surface area (Å²) >= 11 is 0. The Kier molecular flexibility index (Phi) is 11.7. The number of aliphatic hydroxyl groups is 2. The molecule has 2 amide bonds. The second kappa shape index (κ2) is 18.2. The fraction of sp³-hybridized carbons (Fsp3) is 0.417. The lowest BCUT2D eigenvalue weighted by atomic mass is 9.89. The molecule has 0 aromatic carbocycles. The van der Waals surface area contributed by atoms with Crippen LogP contribution >= 0.6 is 0 Å². The van der Waals surface area contributed by atoms with Crippen molar-refractivity contribution in [3.05, 3.63) is 84.7 Å². The number of aromatic nitrogens is 10. The highest BCUT2D eigenvalue weighted by Gasteiger charge is 2.33. The van der Waals surface area contributed by atoms with Crippen LogP contribution in [-0.4, -0.2) is 135 Å². The number of fused-ring (bicyclic) bond motifs is 4. The molecule has 2 aliphatic carbocycles. The topological polar surface area (TPSA) is 237 Å². The van der Waals surface area contributed by atoms with Crippen molar-refractivity contribution in [3.63, 3.8) is 0 Å². The second-order valence-electron chi connectivity index (χ2n) is 18.0. The number of aliphatic hydroxyl groups excluding tert-OH is 2. The lowest BCUT2D eigenvalue weighted by molar-refractivity contribution is 0.0448. The quantitative estimate of drug-likeness (QED) is 0.108. The lowest BCUT2D eigenvalue weighted by Crippen LogP contribution is -2.50. The van der Waals surface area contributed by atoms with Gasteiger partial charge in [0.25, 0.3) is 11.8 Å². The third kappa shape index (κ3) is 7.85. The highest BCUT2D eigenvalue weighted by atomic mass is 16.5. The summed E-state index contributed by atoms with van der Waals surface area (Å²) in [6.07, 6.45) is 16.9. The number of rotatable bonds is 10. The van der Waals surface area contributed by atoms with Gasteiger partial charge in [0, 0.05) is 86.1 Å². The Morgan fingerprint density at radius 2 is 1.09 bits per heavy atom. The van der Waals surface area contributed by atoms with Crippen molar-refractivity contribution in [1.29, 1.82) is 0 Å². The van der Waals surface area contributed by atoms with Gasteiger partial charge in [-0.05, 0) is 75.6 Å². The molecule has 352 valence electrons. The molecule has 2 saturated carbocycles. The van der Waals surface area contributed by atoms with E-state index in [0.717, 1.165) is 96.3 Å². The van der Waals surface area contributed by atoms with Crippen LogP contribution in [0.1, 0.15) is 84.2 Å². The van der Waals surface area contributed by atoms with Crippen molar-refractivity contribution in [2.45, 2.75) is 87.7 Å². The van der Waals surface area contributed by atoms with E-state index in [1.807, 2.05) is 50.5 Å². The van der Waals surface area contributed by atoms with Crippen molar-refractivity contribution in [2.24, 2.45) is 0 Å². The first-order chi connectivity index (χ1) is 33.3. The zero-order chi connectivity index (χ0) is 46.5. The molecule has 20 nitrogen and oxygen atoms in total. The molecule has 8 aromatic rings. The number of nitrogens with one attached hydrogen (secondary N) is 4. The maximum atomic E-state index is 13.0. The van der Waals surface area contributed by atoms with Crippen LogP contribution in [0.4, 0.5) is 11.6 Å². The van der Waals surface area contributed by atoms with Gasteiger partial charge in [-0.15, -0.1) is 0 Å². The summed E-state index contributed by atoms with van der Waals surface area (Å²) in [5, 5.41) is 42.7. The van der Waals surface area contributed by atoms with Crippen LogP contribution in [0.5, 0.6) is 0 Å². The molecular formula is C48H54N14O6. The predicted octanol–water partition coefficient (Wildman–Crippen LogP) is 4.78. The van der Waals surface area contributed by atoms with Gasteiger partial charge in [0.05, 0.1) is 73.4 Å². The molecule has 4 aliphatic rings. The van der Waals surface area contributed by atoms with Crippen molar-refractivity contribution in [3.8, 4) is 22.5 Å². The molecule has 68 heavy (non-hydrogen) atoms. The molecule has 0 radical (unpaired) electrons. The number of amides is 2. The van der Waals surface area contributed by atoms with Crippen LogP contribution < -0.4 is 21.3 Å². The predicted molar refractivity (Wildman–Crippen MR) is 254 cm³/mol. The van der Waals surface area contributed by atoms with E-state index in [-0.39, 0.29) is 36.0 Å². The molecule has 4 fully saturated rings. The van der Waals surface area contributed by atoms with E-state index in [9.17, 15) is 19.8 Å². The first-order valence-corrected chi connectivity index (χ1v) is 23.5. The Labute approximate surface area is 390 Å². The zero-order valence-corrected chi connectivity index (χ0v) is 37.9. The summed E-state index contributed by atoms with van der Waals surface area (Å²) in [6, 6.07) is 11.8. The van der Waals surface area contributed by atoms with Crippen molar-refractivity contribution in [1.82, 2.24) is 58.9 Å². The minimum atomic E-state index is -0.496. The molecule has 6 atom stereocenters. The van der Waals surface area contributed by atoms with E-state index in [0.29, 0.717) is 60.1 Å². The fourth-order valence-corrected chi connectivity index (χ4v) is 9.69. The minimum absolute atomic E-state index is 0.220. The maximum Gasteiger partial charge on any atom is 0.257 e. The Balaban J connectivity index is 0.000000149. The molecule has 2 aliphatic heterocycles. The summed E-state index contributed by atoms with van der Waals surface area (Å²) in [5.74, 6) is 0.866. The molecule has 20 heteroatoms. The van der Waals surface area contributed by atoms with Crippen molar-refractivity contribution < 1.29 is 29.3 Å². The Morgan fingerprint density at radius 3 is 1.46 bits per heavy atom. The van der Waals surface area contributed by atoms with Gasteiger partial charge in [-0.2, -0.15) is 19.2 Å². The van der Waals surface area contributed by atoms with Crippen LogP contribution in [0.15, 0.2) is 73.6 Å². The average Bonchev–Trinajstić information content (AvgIpc) is 4.20. The molecule has 8 aromatic heterocycles. The van der Waals surface area contributed by atoms with E-state index < -0.39 is 12.2 Å². The third-order valence-corrected chi connectivity index (χ3v) is 13.8. The lowest BCUT2D eigenvalue weighted by Gasteiger charge is -2.32. The first kappa shape index (κ1) is 43.6. The molecule has 0 spiro atoms. The van der Waals surface area contributed by atoms with Gasteiger partial charge >= 0.3 is 0 Å². The number of hydrogen-bond donors (Lipinski definition) is 6. The number of hydrogen-bond acceptors (Lipinski definition) is 14. The Hall–Kier alpha value is -7.00. The highest BCUT2D eigenvalue weighted by molar-refractivity contribution is 6.02. The number of carbonyl (C=O) groups is 2. The van der Waals surface area contributed by atoms with Crippen LogP contribution in [0, 0.1) is 0 Å². The zero-order valence-electron chi connectivity index (χ0n) is 37.9. The largest absolute Gasteiger partial charge is 0.391 e. The molecule has 12 rings (SSSR count). The maximum absolute atomic E-state index is 13.0. The fourth-order valence-electron chi connectivity index (χ4n) is 9.69. The van der Waals surface area contributed by atoms with Gasteiger partial charge in [0.2, 0.25) is 0 Å². The number of carbonyl (C=O) groups excluding carboxylic acids is 2. The van der Waals surface area contributed by atoms with Gasteiger partial charge in [0.1, 0.15) is 34.1 Å². The molecule has 10 heterocycles. The van der Waals surface area contributed by atoms with Crippen molar-refractivity contribution in [2.75, 3.05) is 51.2 Å². The van der Waals surface area contributed by atoms with Crippen LogP contribution in [0.25, 0.3) is 55.9 Å². The van der Waals surface area contributed by atoms with E-state index in [1.165, 1.54) is 12.4 Å². The van der Waals surface area contributed by atoms with Gasteiger partial charge < -0.3 is 50.1 Å². The molecular weight excluding hydrogens is 869 g/mol. The van der Waals surface area contributed by atoms with Gasteiger partial charge in [-0.25, -0.2) is 19.9 Å². The SMILES string of the molecule is CNc1cc(-c2cn([C@H]3CCCOC3)c3ncccc23)nc2c(C(=O)N[C@@H]3CC[C@@H]3O)cnn12.CNc1cc(-c2cn([C@H]3CCCOC3)c3ncccc23)nc2c(C(=O)N[C@H]3CC[C@H]3O)cnn12. The Bertz CT molecular complexity index is 2950. The number of nitrogens with zero attached hydrogens (tertiary/aromatic N) is 10. The summed E-state index contributed by atoms with van der Waals surface area (Å²) in [7, 11) is 3.63. The number of pyridine rings is 2. The molecule has 0 bridgehead atoms. The van der Waals surface area contributed by atoms with Crippen molar-refractivity contribution >= 4 is 56.8 Å². The third-order valence-electron chi connectivity index (χ3n) is 13.8. The van der Waals surface area contributed by atoms with E-state index in [2.05, 4.69) is 63.0 Å². The highest BCUT2D eigenvalue weighted by Crippen LogP contribution is 2.36. The number of anilines is 2. The van der Waals surface area contributed by atoms with Crippen LogP contribution in [0.2, 0.25) is 0 Å². The summed E-state index contributed by atoms with van der Waals surface area (Å²) in [6.45, 7) is 2.91. The minimum Gasteiger partial charge on any atom is -0.391 e. The first-order valence-electron chi connectivity index (χ1n) is 23.5. The monoisotopic (exact) mass is 922 g/mol. The van der Waals surface area contributed by atoms with E-state index in [1.54, 1.807) is 21.4 Å². The summed E-state index contributed by atoms with van der Waals surface area (Å²) < 4.78 is 19.1. The van der Waals surface area contributed by atoms with Crippen LogP contribution in [-0.2, 0) is 9.47 Å². The van der Waals surface area contributed by atoms with Gasteiger partial charge in [0.15, 0.2) is 11.3 Å². The molecule has 6 N–H and O–H groups in total. The van der Waals surface area contributed by atoms with Gasteiger partial charge in [-0.3, -0.25) is 9.59 Å². The second-order valence-corrected chi connectivity index (χ2v) is 18.0. The summed E-state index contributed by atoms with van der Waals surface area (Å²) in [4.78, 5) is 45.0. The standard InChI is InChI=1S/2C24H27N7O3/c2*1-25-21-10-19(28-23-16(11-27-31(21)23)24(33)29-18-6-7-20(18)32)17-12-30(14-4-3-9-34-13-14)22-15(17)5-2-8-26-22/h2*2,5,8,10-12,14,18,20,25,32H,3-4,6-7,9,13H2,1H3,(H,29,33)/t14-,18+,20-;14-,18-,20+/m00/s1. The van der Waals surface area contributed by atoms with Crippen LogP contribution in [0.3, 0.4) is 0 Å². The Morgan fingerprint density at radius 1 is 0.632 bits per heavy atom. The van der Waals surface area contributed by atoms with E-state index >= 15 is 0 Å². The average molecular weight is 923 g/mol.